The van der Waals surface area contributed by atoms with Crippen molar-refractivity contribution in [3.05, 3.63) is 0 Å². The molecule has 0 aliphatic carbocycles. The maximum Gasteiger partial charge on any atom is 0.466 e. The summed E-state index contributed by atoms with van der Waals surface area (Å²) in [5, 5.41) is 0. The fourth-order valence-electron chi connectivity index (χ4n) is 2.04. The van der Waals surface area contributed by atoms with E-state index in [1.54, 1.807) is 0 Å². The Balaban J connectivity index is 0. The molecule has 0 unspecified atom stereocenters. The fraction of sp³-hybridized carbons (Fsp3) is 0.929. The van der Waals surface area contributed by atoms with Crippen LogP contribution in [0.1, 0.15) is 84.0 Å². The first kappa shape index (κ1) is 24.0. The third kappa shape index (κ3) is 38.6. The van der Waals surface area contributed by atoms with Crippen LogP contribution in [0, 0.1) is 0 Å². The molecule has 0 saturated heterocycles. The number of unbranched alkanes of at least 4 members (excludes halogenated alkanes) is 10. The summed E-state index contributed by atoms with van der Waals surface area (Å²) in [6, 6.07) is 0. The molecule has 0 heterocycles. The molecule has 0 atom stereocenters. The Hall–Kier alpha value is 0.780. The van der Waals surface area contributed by atoms with Gasteiger partial charge >= 0.3 is 114 Å². The monoisotopic (exact) mass is 332 g/mol. The minimum absolute atomic E-state index is 0.482. The molecule has 0 amide bonds. The van der Waals surface area contributed by atoms with E-state index in [1.807, 2.05) is 0 Å². The van der Waals surface area contributed by atoms with Crippen LogP contribution in [0.25, 0.3) is 0 Å². The van der Waals surface area contributed by atoms with Crippen molar-refractivity contribution in [2.45, 2.75) is 84.0 Å². The van der Waals surface area contributed by atoms with Crippen LogP contribution >= 0.6 is 7.82 Å². The largest absolute Gasteiger partial charge is 0.466 e. The smallest absolute Gasteiger partial charge is 0.303 e. The van der Waals surface area contributed by atoms with E-state index in [9.17, 15) is 4.79 Å². The average Bonchev–Trinajstić information content (AvgIpc) is 2.33. The molecule has 0 aromatic rings. The van der Waals surface area contributed by atoms with Crippen LogP contribution in [-0.4, -0.2) is 45.6 Å². The zero-order valence-electron chi connectivity index (χ0n) is 13.6. The summed E-state index contributed by atoms with van der Waals surface area (Å²) in [5.74, 6) is 0. The second-order valence-electron chi connectivity index (χ2n) is 5.50. The van der Waals surface area contributed by atoms with Crippen molar-refractivity contribution in [2.24, 2.45) is 0 Å². The molecule has 0 rings (SSSR count). The van der Waals surface area contributed by atoms with E-state index in [4.69, 9.17) is 19.2 Å². The molecule has 0 fully saturated rings. The van der Waals surface area contributed by atoms with E-state index in [0.29, 0.717) is 3.03 Å². The van der Waals surface area contributed by atoms with Gasteiger partial charge in [-0.3, -0.25) is 0 Å². The SMILES string of the molecule is CCCCCCCCCCCCC[C](=O)[Na].O=P(O)(O)O. The van der Waals surface area contributed by atoms with Crippen molar-refractivity contribution in [1.82, 2.24) is 0 Å². The van der Waals surface area contributed by atoms with Crippen LogP contribution < -0.4 is 0 Å². The van der Waals surface area contributed by atoms with E-state index < -0.39 is 7.82 Å². The molecular weight excluding hydrogens is 302 g/mol. The Morgan fingerprint density at radius 1 is 0.810 bits per heavy atom. The van der Waals surface area contributed by atoms with E-state index in [2.05, 4.69) is 6.92 Å². The Morgan fingerprint density at radius 3 is 1.38 bits per heavy atom. The quantitative estimate of drug-likeness (QED) is 0.289. The number of hydrogen-bond donors (Lipinski definition) is 3. The molecule has 0 bridgehead atoms. The van der Waals surface area contributed by atoms with Gasteiger partial charge in [0.15, 0.2) is 0 Å². The van der Waals surface area contributed by atoms with Crippen molar-refractivity contribution in [3.63, 3.8) is 0 Å². The molecule has 0 radical (unpaired) electrons. The fourth-order valence-corrected chi connectivity index (χ4v) is 2.39. The second-order valence-corrected chi connectivity index (χ2v) is 7.64. The van der Waals surface area contributed by atoms with Crippen molar-refractivity contribution in [3.8, 4) is 0 Å². The van der Waals surface area contributed by atoms with Crippen molar-refractivity contribution in [2.75, 3.05) is 0 Å². The van der Waals surface area contributed by atoms with Crippen LogP contribution in [0.15, 0.2) is 0 Å². The van der Waals surface area contributed by atoms with E-state index in [-0.39, 0.29) is 0 Å². The summed E-state index contributed by atoms with van der Waals surface area (Å²) in [6.07, 6.45) is 15.8. The van der Waals surface area contributed by atoms with E-state index >= 15 is 0 Å². The molecule has 0 aromatic heterocycles. The first-order valence-corrected chi connectivity index (χ1v) is 10.6. The van der Waals surface area contributed by atoms with Gasteiger partial charge in [-0.25, -0.2) is 4.57 Å². The van der Waals surface area contributed by atoms with E-state index in [1.165, 1.54) is 64.2 Å². The van der Waals surface area contributed by atoms with Crippen molar-refractivity contribution in [1.29, 1.82) is 0 Å². The first-order chi connectivity index (χ1) is 9.77. The summed E-state index contributed by atoms with van der Waals surface area (Å²) in [7, 11) is -4.64. The molecule has 0 saturated carbocycles. The predicted molar refractivity (Wildman–Crippen MR) is 86.1 cm³/mol. The second kappa shape index (κ2) is 17.1. The van der Waals surface area contributed by atoms with Crippen molar-refractivity contribution < 1.29 is 24.0 Å². The van der Waals surface area contributed by atoms with Crippen LogP contribution in [0.2, 0.25) is 0 Å². The minimum atomic E-state index is -4.64. The Kier molecular flexibility index (Phi) is 19.6. The first-order valence-electron chi connectivity index (χ1n) is 8.05. The standard InChI is InChI=1S/C14H27O.Na.H3O4P/c1-2-3-4-5-6-7-8-9-10-11-12-13-14-15;;1-5(2,3)4/h2-13H2,1H3;;(H3,1,2,3,4). The van der Waals surface area contributed by atoms with Gasteiger partial charge in [-0.05, 0) is 0 Å². The Labute approximate surface area is 146 Å². The maximum absolute atomic E-state index is 10.8. The van der Waals surface area contributed by atoms with Gasteiger partial charge < -0.3 is 14.7 Å². The van der Waals surface area contributed by atoms with Gasteiger partial charge in [-0.2, -0.15) is 0 Å². The molecule has 21 heavy (non-hydrogen) atoms. The summed E-state index contributed by atoms with van der Waals surface area (Å²) in [6.45, 7) is 2.27. The molecule has 7 heteroatoms. The topological polar surface area (TPSA) is 94.8 Å². The van der Waals surface area contributed by atoms with Crippen LogP contribution in [0.4, 0.5) is 0 Å². The molecular formula is C14H30NaO5P. The van der Waals surface area contributed by atoms with Gasteiger partial charge in [-0.15, -0.1) is 0 Å². The Morgan fingerprint density at radius 2 is 1.10 bits per heavy atom. The third-order valence-corrected chi connectivity index (χ3v) is 3.63. The summed E-state index contributed by atoms with van der Waals surface area (Å²) >= 11 is 0.751. The van der Waals surface area contributed by atoms with Gasteiger partial charge in [-0.1, -0.05) is 13.3 Å². The third-order valence-electron chi connectivity index (χ3n) is 3.13. The van der Waals surface area contributed by atoms with Gasteiger partial charge in [0.05, 0.1) is 0 Å². The van der Waals surface area contributed by atoms with Gasteiger partial charge in [0.25, 0.3) is 0 Å². The molecule has 3 N–H and O–H groups in total. The Bertz CT molecular complexity index is 272. The van der Waals surface area contributed by atoms with Gasteiger partial charge in [0.1, 0.15) is 0 Å². The van der Waals surface area contributed by atoms with Crippen LogP contribution in [-0.2, 0) is 9.36 Å². The number of rotatable bonds is 12. The zero-order valence-corrected chi connectivity index (χ0v) is 16.5. The molecule has 0 aliphatic rings. The molecule has 122 valence electrons. The zero-order chi connectivity index (χ0) is 16.6. The average molecular weight is 332 g/mol. The van der Waals surface area contributed by atoms with Crippen molar-refractivity contribution >= 4 is 38.8 Å². The summed E-state index contributed by atoms with van der Waals surface area (Å²) in [5.41, 5.74) is 0. The number of phosphoric acid groups is 1. The number of carbonyl (C=O) groups excluding carboxylic acids is 1. The van der Waals surface area contributed by atoms with Crippen LogP contribution in [0.3, 0.4) is 0 Å². The summed E-state index contributed by atoms with van der Waals surface area (Å²) in [4.78, 5) is 32.3. The number of carbonyl (C=O) groups is 1. The van der Waals surface area contributed by atoms with Gasteiger partial charge in [0, 0.05) is 0 Å². The predicted octanol–water partition coefficient (Wildman–Crippen LogP) is 3.45. The molecule has 0 aliphatic heterocycles. The van der Waals surface area contributed by atoms with Gasteiger partial charge in [0.2, 0.25) is 0 Å². The number of hydrogen-bond acceptors (Lipinski definition) is 2. The molecule has 0 aromatic carbocycles. The van der Waals surface area contributed by atoms with Crippen LogP contribution in [0.5, 0.6) is 0 Å². The molecule has 0 spiro atoms. The normalized spacial score (nSPS) is 11.0. The summed E-state index contributed by atoms with van der Waals surface area (Å²) < 4.78 is 9.36. The molecule has 5 nitrogen and oxygen atoms in total. The van der Waals surface area contributed by atoms with E-state index in [0.717, 1.165) is 40.8 Å². The minimum Gasteiger partial charge on any atom is -0.303 e. The maximum atomic E-state index is 10.8.